The lowest BCUT2D eigenvalue weighted by Gasteiger charge is -2.17. The van der Waals surface area contributed by atoms with E-state index in [9.17, 15) is 0 Å². The highest BCUT2D eigenvalue weighted by atomic mass is 32.1. The summed E-state index contributed by atoms with van der Waals surface area (Å²) in [5.41, 5.74) is 9.20. The number of para-hydroxylation sites is 1. The molecule has 0 saturated heterocycles. The summed E-state index contributed by atoms with van der Waals surface area (Å²) in [5.74, 6) is 0. The van der Waals surface area contributed by atoms with Crippen molar-refractivity contribution in [2.75, 3.05) is 0 Å². The third-order valence-electron chi connectivity index (χ3n) is 10.9. The highest BCUT2D eigenvalue weighted by molar-refractivity contribution is 7.16. The lowest BCUT2D eigenvalue weighted by Crippen LogP contribution is -1.90. The van der Waals surface area contributed by atoms with Crippen molar-refractivity contribution >= 4 is 87.7 Å². The second kappa shape index (κ2) is 11.8. The molecular weight excluding hydrogens is 681 g/mol. The van der Waals surface area contributed by atoms with Gasteiger partial charge in [0.1, 0.15) is 11.2 Å². The van der Waals surface area contributed by atoms with Gasteiger partial charge in [-0.25, -0.2) is 0 Å². The van der Waals surface area contributed by atoms with E-state index in [0.717, 1.165) is 27.5 Å². The predicted molar refractivity (Wildman–Crippen MR) is 231 cm³/mol. The summed E-state index contributed by atoms with van der Waals surface area (Å²) in [4.78, 5) is 5.24. The maximum Gasteiger partial charge on any atom is 0.143 e. The smallest absolute Gasteiger partial charge is 0.143 e. The van der Waals surface area contributed by atoms with Crippen molar-refractivity contribution in [1.29, 1.82) is 0 Å². The molecule has 0 aliphatic rings. The van der Waals surface area contributed by atoms with Crippen LogP contribution in [0.3, 0.4) is 0 Å². The monoisotopic (exact) mass is 712 g/mol. The molecule has 53 heavy (non-hydrogen) atoms. The minimum Gasteiger partial charge on any atom is -0.455 e. The Labute approximate surface area is 315 Å². The van der Waals surface area contributed by atoms with Gasteiger partial charge in [-0.15, -0.1) is 22.7 Å². The third-order valence-corrected chi connectivity index (χ3v) is 12.9. The summed E-state index contributed by atoms with van der Waals surface area (Å²) in [6, 6.07) is 57.9. The molecular formula is C50H32OS2. The van der Waals surface area contributed by atoms with Crippen LogP contribution in [-0.4, -0.2) is 0 Å². The van der Waals surface area contributed by atoms with Crippen molar-refractivity contribution in [2.45, 2.75) is 13.8 Å². The van der Waals surface area contributed by atoms with Crippen molar-refractivity contribution in [2.24, 2.45) is 0 Å². The van der Waals surface area contributed by atoms with Crippen molar-refractivity contribution in [3.63, 3.8) is 0 Å². The first-order chi connectivity index (χ1) is 26.1. The van der Waals surface area contributed by atoms with Crippen LogP contribution in [0.25, 0.3) is 108 Å². The number of hydrogen-bond acceptors (Lipinski definition) is 3. The van der Waals surface area contributed by atoms with Crippen LogP contribution in [0.4, 0.5) is 0 Å². The quantitative estimate of drug-likeness (QED) is 0.166. The van der Waals surface area contributed by atoms with Gasteiger partial charge in [0.2, 0.25) is 0 Å². The lowest BCUT2D eigenvalue weighted by molar-refractivity contribution is 0.670. The zero-order chi connectivity index (χ0) is 35.2. The number of hydrogen-bond donors (Lipinski definition) is 0. The van der Waals surface area contributed by atoms with E-state index in [4.69, 9.17) is 4.42 Å². The van der Waals surface area contributed by atoms with Gasteiger partial charge in [0.05, 0.1) is 0 Å². The fourth-order valence-corrected chi connectivity index (χ4v) is 10.6. The Bertz CT molecular complexity index is 3150. The Morgan fingerprint density at radius 1 is 0.340 bits per heavy atom. The van der Waals surface area contributed by atoms with Gasteiger partial charge in [-0.1, -0.05) is 127 Å². The maximum absolute atomic E-state index is 7.04. The number of thiophene rings is 2. The molecule has 0 aliphatic heterocycles. The number of furan rings is 1. The van der Waals surface area contributed by atoms with Crippen LogP contribution >= 0.6 is 22.7 Å². The molecule has 3 heterocycles. The molecule has 0 amide bonds. The molecule has 0 saturated carbocycles. The summed E-state index contributed by atoms with van der Waals surface area (Å²) in [5, 5.41) is 12.3. The largest absolute Gasteiger partial charge is 0.455 e. The number of benzene rings is 8. The molecule has 3 aromatic heterocycles. The zero-order valence-electron chi connectivity index (χ0n) is 29.2. The van der Waals surface area contributed by atoms with Crippen molar-refractivity contribution < 1.29 is 4.42 Å². The standard InChI is InChI=1S/C50H32OS2/c1-29-25-27-43(52-29)48-35-17-7-3-13-31(35)45(32-14-4-8-18-36(32)48)39-21-12-24-42-47(39)41-23-11-22-40(50(41)51-42)46-33-15-5-9-19-37(33)49(44-28-26-30(2)53-44)38-20-10-6-16-34(38)46/h3-28H,1-2H3. The van der Waals surface area contributed by atoms with E-state index in [1.807, 2.05) is 22.7 Å². The Morgan fingerprint density at radius 3 is 1.15 bits per heavy atom. The number of rotatable bonds is 4. The molecule has 3 heteroatoms. The van der Waals surface area contributed by atoms with E-state index in [1.165, 1.54) is 90.4 Å². The molecule has 0 spiro atoms. The zero-order valence-corrected chi connectivity index (χ0v) is 30.9. The first-order valence-electron chi connectivity index (χ1n) is 18.1. The Kier molecular flexibility index (Phi) is 6.79. The van der Waals surface area contributed by atoms with Gasteiger partial charge in [0.15, 0.2) is 0 Å². The van der Waals surface area contributed by atoms with Gasteiger partial charge in [0.25, 0.3) is 0 Å². The molecule has 0 fully saturated rings. The van der Waals surface area contributed by atoms with E-state index in [2.05, 4.69) is 172 Å². The van der Waals surface area contributed by atoms with Crippen LogP contribution in [0.2, 0.25) is 0 Å². The van der Waals surface area contributed by atoms with Crippen LogP contribution in [0.5, 0.6) is 0 Å². The molecule has 250 valence electrons. The first kappa shape index (κ1) is 30.6. The highest BCUT2D eigenvalue weighted by Crippen LogP contribution is 2.51. The van der Waals surface area contributed by atoms with Crippen LogP contribution in [0, 0.1) is 13.8 Å². The third kappa shape index (κ3) is 4.54. The van der Waals surface area contributed by atoms with Crippen molar-refractivity contribution in [3.05, 3.63) is 167 Å². The summed E-state index contributed by atoms with van der Waals surface area (Å²) in [6.07, 6.45) is 0. The molecule has 0 N–H and O–H groups in total. The molecule has 1 nitrogen and oxygen atoms in total. The molecule has 0 atom stereocenters. The predicted octanol–water partition coefficient (Wildman–Crippen LogP) is 15.6. The summed E-state index contributed by atoms with van der Waals surface area (Å²) in [7, 11) is 0. The summed E-state index contributed by atoms with van der Waals surface area (Å²) >= 11 is 3.73. The van der Waals surface area contributed by atoms with Gasteiger partial charge >= 0.3 is 0 Å². The fourth-order valence-electron chi connectivity index (χ4n) is 8.76. The Balaban J connectivity index is 1.24. The second-order valence-corrected chi connectivity index (χ2v) is 16.5. The van der Waals surface area contributed by atoms with E-state index < -0.39 is 0 Å². The average molecular weight is 713 g/mol. The van der Waals surface area contributed by atoms with Crippen LogP contribution in [0.15, 0.2) is 162 Å². The molecule has 0 radical (unpaired) electrons. The molecule has 0 bridgehead atoms. The van der Waals surface area contributed by atoms with Gasteiger partial charge in [-0.3, -0.25) is 0 Å². The highest BCUT2D eigenvalue weighted by Gasteiger charge is 2.24. The Hall–Kier alpha value is -6.00. The van der Waals surface area contributed by atoms with Crippen LogP contribution in [0.1, 0.15) is 9.75 Å². The normalized spacial score (nSPS) is 12.0. The van der Waals surface area contributed by atoms with Gasteiger partial charge in [0, 0.05) is 52.5 Å². The van der Waals surface area contributed by atoms with E-state index in [1.54, 1.807) is 0 Å². The van der Waals surface area contributed by atoms with E-state index >= 15 is 0 Å². The van der Waals surface area contributed by atoms with E-state index in [-0.39, 0.29) is 0 Å². The van der Waals surface area contributed by atoms with E-state index in [0.29, 0.717) is 0 Å². The Morgan fingerprint density at radius 2 is 0.717 bits per heavy atom. The molecule has 0 unspecified atom stereocenters. The molecule has 8 aromatic carbocycles. The van der Waals surface area contributed by atoms with Crippen molar-refractivity contribution in [1.82, 2.24) is 0 Å². The van der Waals surface area contributed by atoms with Crippen LogP contribution in [-0.2, 0) is 0 Å². The molecule has 0 aliphatic carbocycles. The maximum atomic E-state index is 7.04. The lowest BCUT2D eigenvalue weighted by atomic mass is 9.86. The van der Waals surface area contributed by atoms with Gasteiger partial charge in [-0.05, 0) is 98.4 Å². The van der Waals surface area contributed by atoms with Crippen LogP contribution < -0.4 is 0 Å². The summed E-state index contributed by atoms with van der Waals surface area (Å²) in [6.45, 7) is 4.38. The average Bonchev–Trinajstić information content (AvgIpc) is 3.94. The second-order valence-electron chi connectivity index (χ2n) is 14.0. The molecule has 11 aromatic rings. The SMILES string of the molecule is Cc1ccc(-c2c3ccccc3c(-c3cccc4c3oc3cccc(-c5c6ccccc6c(-c6ccc(C)s6)c6ccccc56)c34)c3ccccc23)s1. The minimum atomic E-state index is 0.898. The van der Waals surface area contributed by atoms with Crippen molar-refractivity contribution in [3.8, 4) is 43.1 Å². The first-order valence-corrected chi connectivity index (χ1v) is 19.7. The fraction of sp³-hybridized carbons (Fsp3) is 0.0400. The minimum absolute atomic E-state index is 0.898. The topological polar surface area (TPSA) is 13.1 Å². The van der Waals surface area contributed by atoms with Gasteiger partial charge < -0.3 is 4.42 Å². The molecule has 11 rings (SSSR count). The number of fused-ring (bicyclic) bond motifs is 7. The summed E-state index contributed by atoms with van der Waals surface area (Å²) < 4.78 is 7.04. The van der Waals surface area contributed by atoms with Gasteiger partial charge in [-0.2, -0.15) is 0 Å². The number of aryl methyl sites for hydroxylation is 2.